The Morgan fingerprint density at radius 3 is 2.74 bits per heavy atom. The van der Waals surface area contributed by atoms with Gasteiger partial charge in [-0.25, -0.2) is 9.78 Å². The van der Waals surface area contributed by atoms with E-state index in [0.29, 0.717) is 30.2 Å². The fourth-order valence-corrected chi connectivity index (χ4v) is 5.93. The van der Waals surface area contributed by atoms with Gasteiger partial charge in [-0.1, -0.05) is 6.92 Å². The molecular formula is C22H38N6O2S. The van der Waals surface area contributed by atoms with E-state index in [-0.39, 0.29) is 17.9 Å². The molecule has 1 aliphatic carbocycles. The van der Waals surface area contributed by atoms with Crippen LogP contribution < -0.4 is 11.1 Å². The van der Waals surface area contributed by atoms with Crippen LogP contribution >= 0.6 is 11.3 Å². The van der Waals surface area contributed by atoms with E-state index in [2.05, 4.69) is 27.0 Å². The number of urea groups is 1. The minimum Gasteiger partial charge on any atom is -0.375 e. The van der Waals surface area contributed by atoms with Crippen LogP contribution in [0.15, 0.2) is 0 Å². The summed E-state index contributed by atoms with van der Waals surface area (Å²) in [5.41, 5.74) is 7.07. The predicted octanol–water partition coefficient (Wildman–Crippen LogP) is 2.05. The third-order valence-corrected chi connectivity index (χ3v) is 7.40. The summed E-state index contributed by atoms with van der Waals surface area (Å²) < 4.78 is 0. The number of carbonyl (C=O) groups excluding carboxylic acids is 2. The Bertz CT molecular complexity index is 767. The normalized spacial score (nSPS) is 23.3. The first-order valence-corrected chi connectivity index (χ1v) is 12.4. The van der Waals surface area contributed by atoms with Gasteiger partial charge in [0.25, 0.3) is 0 Å². The summed E-state index contributed by atoms with van der Waals surface area (Å²) in [6.45, 7) is 7.62. The number of nitrogens with zero attached hydrogens (tertiary/aromatic N) is 4. The van der Waals surface area contributed by atoms with Crippen molar-refractivity contribution in [3.8, 4) is 0 Å². The maximum Gasteiger partial charge on any atom is 0.324 e. The number of fused-ring (bicyclic) bond motifs is 2. The number of rotatable bonds is 8. The van der Waals surface area contributed by atoms with Crippen LogP contribution in [-0.2, 0) is 17.6 Å². The van der Waals surface area contributed by atoms with Crippen molar-refractivity contribution in [1.82, 2.24) is 25.0 Å². The lowest BCUT2D eigenvalue weighted by Gasteiger charge is -2.46. The average Bonchev–Trinajstić information content (AvgIpc) is 3.08. The second-order valence-electron chi connectivity index (χ2n) is 9.06. The molecule has 174 valence electrons. The summed E-state index contributed by atoms with van der Waals surface area (Å²) in [6, 6.07) is 0.167. The number of amides is 3. The number of nitrogen functional groups attached to an aromatic ring is 1. The standard InChI is InChI=1S/C22H38N6O2S/c1-5-9-27-14-16(11-15-12-17-19(13-18(15)27)31-21(23)25-17)20(29)28(6-2)22(30)24-8-7-10-26(3)4/h15-16,18H,5-14H2,1-4H3,(H2,23,25)(H,24,30)/t15-,16-,18-/m1/s1. The van der Waals surface area contributed by atoms with Gasteiger partial charge in [0.05, 0.1) is 11.6 Å². The summed E-state index contributed by atoms with van der Waals surface area (Å²) in [4.78, 5) is 37.9. The van der Waals surface area contributed by atoms with Crippen molar-refractivity contribution in [2.24, 2.45) is 11.8 Å². The molecule has 3 amide bonds. The number of aromatic nitrogens is 1. The van der Waals surface area contributed by atoms with E-state index >= 15 is 0 Å². The molecule has 1 aliphatic heterocycles. The zero-order valence-corrected chi connectivity index (χ0v) is 20.2. The minimum absolute atomic E-state index is 0.0456. The molecule has 0 unspecified atom stereocenters. The lowest BCUT2D eigenvalue weighted by molar-refractivity contribution is -0.136. The number of carbonyl (C=O) groups is 2. The SMILES string of the molecule is CCCN1C[C@H](C(=O)N(CC)C(=O)NCCCN(C)C)C[C@@H]2Cc3nc(N)sc3C[C@H]21. The molecule has 1 aromatic rings. The van der Waals surface area contributed by atoms with Gasteiger partial charge in [-0.2, -0.15) is 0 Å². The van der Waals surface area contributed by atoms with Crippen LogP contribution in [0.2, 0.25) is 0 Å². The van der Waals surface area contributed by atoms with Crippen LogP contribution in [0.5, 0.6) is 0 Å². The molecule has 0 spiro atoms. The van der Waals surface area contributed by atoms with Crippen molar-refractivity contribution in [3.05, 3.63) is 10.6 Å². The molecular weight excluding hydrogens is 412 g/mol. The number of hydrogen-bond donors (Lipinski definition) is 2. The molecule has 3 atom stereocenters. The van der Waals surface area contributed by atoms with Crippen molar-refractivity contribution in [2.75, 3.05) is 52.6 Å². The Morgan fingerprint density at radius 1 is 1.29 bits per heavy atom. The first-order valence-electron chi connectivity index (χ1n) is 11.6. The van der Waals surface area contributed by atoms with E-state index in [1.54, 1.807) is 11.3 Å². The lowest BCUT2D eigenvalue weighted by Crippen LogP contribution is -2.56. The lowest BCUT2D eigenvalue weighted by atomic mass is 9.75. The smallest absolute Gasteiger partial charge is 0.324 e. The molecule has 3 rings (SSSR count). The molecule has 0 bridgehead atoms. The summed E-state index contributed by atoms with van der Waals surface area (Å²) in [5.74, 6) is 0.179. The zero-order chi connectivity index (χ0) is 22.5. The Hall–Kier alpha value is -1.71. The number of likely N-dealkylation sites (tertiary alicyclic amines) is 1. The van der Waals surface area contributed by atoms with Crippen LogP contribution in [0, 0.1) is 11.8 Å². The molecule has 31 heavy (non-hydrogen) atoms. The third-order valence-electron chi connectivity index (χ3n) is 6.45. The highest BCUT2D eigenvalue weighted by Gasteiger charge is 2.43. The number of piperidine rings is 1. The van der Waals surface area contributed by atoms with E-state index in [1.807, 2.05) is 21.0 Å². The largest absolute Gasteiger partial charge is 0.375 e. The summed E-state index contributed by atoms with van der Waals surface area (Å²) >= 11 is 1.61. The second-order valence-corrected chi connectivity index (χ2v) is 10.2. The molecule has 0 aromatic carbocycles. The Kier molecular flexibility index (Phi) is 8.30. The van der Waals surface area contributed by atoms with Crippen molar-refractivity contribution in [2.45, 2.75) is 52.0 Å². The zero-order valence-electron chi connectivity index (χ0n) is 19.4. The number of imide groups is 1. The highest BCUT2D eigenvalue weighted by molar-refractivity contribution is 7.15. The second kappa shape index (κ2) is 10.7. The van der Waals surface area contributed by atoms with Crippen molar-refractivity contribution >= 4 is 28.4 Å². The fourth-order valence-electron chi connectivity index (χ4n) is 5.02. The molecule has 1 fully saturated rings. The number of nitrogens with one attached hydrogen (secondary N) is 1. The molecule has 3 N–H and O–H groups in total. The van der Waals surface area contributed by atoms with Gasteiger partial charge in [-0.05, 0) is 72.1 Å². The first-order chi connectivity index (χ1) is 14.8. The van der Waals surface area contributed by atoms with Crippen molar-refractivity contribution in [3.63, 3.8) is 0 Å². The highest BCUT2D eigenvalue weighted by Crippen LogP contribution is 2.39. The summed E-state index contributed by atoms with van der Waals surface area (Å²) in [6.07, 6.45) is 4.57. The summed E-state index contributed by atoms with van der Waals surface area (Å²) in [7, 11) is 4.02. The molecule has 8 nitrogen and oxygen atoms in total. The fraction of sp³-hybridized carbons (Fsp3) is 0.773. The first kappa shape index (κ1) is 23.9. The topological polar surface area (TPSA) is 94.8 Å². The van der Waals surface area contributed by atoms with Crippen molar-refractivity contribution in [1.29, 1.82) is 0 Å². The Balaban J connectivity index is 1.67. The predicted molar refractivity (Wildman–Crippen MR) is 125 cm³/mol. The van der Waals surface area contributed by atoms with E-state index in [0.717, 1.165) is 57.4 Å². The molecule has 0 saturated carbocycles. The molecule has 1 aromatic heterocycles. The van der Waals surface area contributed by atoms with E-state index < -0.39 is 0 Å². The van der Waals surface area contributed by atoms with Gasteiger partial charge in [0, 0.05) is 30.6 Å². The molecule has 2 heterocycles. The van der Waals surface area contributed by atoms with Gasteiger partial charge in [-0.3, -0.25) is 14.6 Å². The quantitative estimate of drug-likeness (QED) is 0.589. The Labute approximate surface area is 190 Å². The van der Waals surface area contributed by atoms with Crippen molar-refractivity contribution < 1.29 is 9.59 Å². The molecule has 2 aliphatic rings. The van der Waals surface area contributed by atoms with Gasteiger partial charge in [-0.15, -0.1) is 11.3 Å². The molecule has 9 heteroatoms. The van der Waals surface area contributed by atoms with Gasteiger partial charge in [0.2, 0.25) is 5.91 Å². The third kappa shape index (κ3) is 5.75. The molecule has 1 saturated heterocycles. The van der Waals surface area contributed by atoms with Gasteiger partial charge >= 0.3 is 6.03 Å². The number of thiazole rings is 1. The Morgan fingerprint density at radius 2 is 2.06 bits per heavy atom. The van der Waals surface area contributed by atoms with Gasteiger partial charge < -0.3 is 16.0 Å². The maximum absolute atomic E-state index is 13.4. The number of anilines is 1. The van der Waals surface area contributed by atoms with Gasteiger partial charge in [0.15, 0.2) is 5.13 Å². The number of hydrogen-bond acceptors (Lipinski definition) is 7. The highest BCUT2D eigenvalue weighted by atomic mass is 32.1. The van der Waals surface area contributed by atoms with E-state index in [4.69, 9.17) is 5.73 Å². The maximum atomic E-state index is 13.4. The average molecular weight is 451 g/mol. The monoisotopic (exact) mass is 450 g/mol. The summed E-state index contributed by atoms with van der Waals surface area (Å²) in [5, 5.41) is 3.56. The molecule has 0 radical (unpaired) electrons. The minimum atomic E-state index is -0.270. The number of nitrogens with two attached hydrogens (primary N) is 1. The van der Waals surface area contributed by atoms with Crippen LogP contribution in [-0.4, -0.2) is 84.5 Å². The van der Waals surface area contributed by atoms with Gasteiger partial charge in [0.1, 0.15) is 0 Å². The van der Waals surface area contributed by atoms with Crippen LogP contribution in [0.1, 0.15) is 43.7 Å². The van der Waals surface area contributed by atoms with Crippen LogP contribution in [0.25, 0.3) is 0 Å². The van der Waals surface area contributed by atoms with E-state index in [1.165, 1.54) is 9.78 Å². The van der Waals surface area contributed by atoms with E-state index in [9.17, 15) is 9.59 Å². The van der Waals surface area contributed by atoms with Crippen LogP contribution in [0.4, 0.5) is 9.93 Å². The van der Waals surface area contributed by atoms with Crippen LogP contribution in [0.3, 0.4) is 0 Å².